The lowest BCUT2D eigenvalue weighted by Gasteiger charge is -2.22. The predicted molar refractivity (Wildman–Crippen MR) is 83.8 cm³/mol. The summed E-state index contributed by atoms with van der Waals surface area (Å²) in [6.45, 7) is 7.04. The van der Waals surface area contributed by atoms with Crippen molar-refractivity contribution in [2.75, 3.05) is 7.11 Å². The fraction of sp³-hybridized carbons (Fsp3) is 0.667. The van der Waals surface area contributed by atoms with Crippen LogP contribution in [0.3, 0.4) is 0 Å². The zero-order valence-corrected chi connectivity index (χ0v) is 13.1. The van der Waals surface area contributed by atoms with Gasteiger partial charge in [0.2, 0.25) is 0 Å². The molecule has 1 heteroatoms. The van der Waals surface area contributed by atoms with Gasteiger partial charge in [-0.15, -0.1) is 0 Å². The van der Waals surface area contributed by atoms with Crippen LogP contribution in [0.15, 0.2) is 24.3 Å². The zero-order valence-electron chi connectivity index (χ0n) is 13.1. The van der Waals surface area contributed by atoms with Crippen molar-refractivity contribution in [3.05, 3.63) is 29.8 Å². The molecule has 19 heavy (non-hydrogen) atoms. The standard InChI is InChI=1S/C18H30O/c1-5-7-10-17(6-2)15(3)12-13-16-9-8-11-18(14-16)19-4/h8-9,11,14-15,17H,5-7,10,12-13H2,1-4H3/t15-,17?/m0/s1. The van der Waals surface area contributed by atoms with Crippen LogP contribution in [0.5, 0.6) is 5.75 Å². The quantitative estimate of drug-likeness (QED) is 0.572. The normalized spacial score (nSPS) is 14.1. The van der Waals surface area contributed by atoms with Gasteiger partial charge in [-0.3, -0.25) is 0 Å². The lowest BCUT2D eigenvalue weighted by molar-refractivity contribution is 0.302. The van der Waals surface area contributed by atoms with Crippen molar-refractivity contribution >= 4 is 0 Å². The summed E-state index contributed by atoms with van der Waals surface area (Å²) in [5.74, 6) is 2.69. The fourth-order valence-electron chi connectivity index (χ4n) is 2.82. The Morgan fingerprint density at radius 1 is 1.16 bits per heavy atom. The number of rotatable bonds is 9. The largest absolute Gasteiger partial charge is 0.497 e. The van der Waals surface area contributed by atoms with Gasteiger partial charge < -0.3 is 4.74 Å². The highest BCUT2D eigenvalue weighted by atomic mass is 16.5. The summed E-state index contributed by atoms with van der Waals surface area (Å²) in [7, 11) is 1.74. The summed E-state index contributed by atoms with van der Waals surface area (Å²) in [5, 5.41) is 0. The molecule has 0 amide bonds. The number of aryl methyl sites for hydroxylation is 1. The van der Waals surface area contributed by atoms with Gasteiger partial charge in [0, 0.05) is 0 Å². The van der Waals surface area contributed by atoms with Crippen LogP contribution in [0, 0.1) is 11.8 Å². The maximum Gasteiger partial charge on any atom is 0.119 e. The van der Waals surface area contributed by atoms with Gasteiger partial charge >= 0.3 is 0 Å². The van der Waals surface area contributed by atoms with E-state index in [4.69, 9.17) is 4.74 Å². The third-order valence-electron chi connectivity index (χ3n) is 4.28. The first-order chi connectivity index (χ1) is 9.21. The van der Waals surface area contributed by atoms with E-state index < -0.39 is 0 Å². The molecule has 1 rings (SSSR count). The van der Waals surface area contributed by atoms with Crippen LogP contribution < -0.4 is 4.74 Å². The van der Waals surface area contributed by atoms with E-state index >= 15 is 0 Å². The van der Waals surface area contributed by atoms with Gasteiger partial charge in [0.15, 0.2) is 0 Å². The number of ether oxygens (including phenoxy) is 1. The summed E-state index contributed by atoms with van der Waals surface area (Å²) in [6.07, 6.45) is 7.86. The van der Waals surface area contributed by atoms with Crippen LogP contribution in [0.2, 0.25) is 0 Å². The number of unbranched alkanes of at least 4 members (excludes halogenated alkanes) is 1. The van der Waals surface area contributed by atoms with E-state index in [0.717, 1.165) is 17.6 Å². The van der Waals surface area contributed by atoms with Gasteiger partial charge in [-0.1, -0.05) is 58.6 Å². The Bertz CT molecular complexity index is 345. The van der Waals surface area contributed by atoms with Gasteiger partial charge in [-0.25, -0.2) is 0 Å². The summed E-state index contributed by atoms with van der Waals surface area (Å²) in [6, 6.07) is 8.48. The molecule has 0 aliphatic carbocycles. The van der Waals surface area contributed by atoms with E-state index in [9.17, 15) is 0 Å². The Balaban J connectivity index is 2.45. The van der Waals surface area contributed by atoms with E-state index in [0.29, 0.717) is 0 Å². The molecule has 1 unspecified atom stereocenters. The molecule has 1 aromatic carbocycles. The van der Waals surface area contributed by atoms with E-state index in [2.05, 4.69) is 39.0 Å². The number of hydrogen-bond acceptors (Lipinski definition) is 1. The van der Waals surface area contributed by atoms with E-state index in [-0.39, 0.29) is 0 Å². The van der Waals surface area contributed by atoms with Crippen molar-refractivity contribution in [3.63, 3.8) is 0 Å². The van der Waals surface area contributed by atoms with Gasteiger partial charge in [0.25, 0.3) is 0 Å². The van der Waals surface area contributed by atoms with Crippen molar-refractivity contribution in [2.45, 2.75) is 59.3 Å². The molecule has 0 bridgehead atoms. The highest BCUT2D eigenvalue weighted by Gasteiger charge is 2.14. The van der Waals surface area contributed by atoms with Crippen LogP contribution >= 0.6 is 0 Å². The van der Waals surface area contributed by atoms with Crippen molar-refractivity contribution < 1.29 is 4.74 Å². The van der Waals surface area contributed by atoms with Gasteiger partial charge in [-0.2, -0.15) is 0 Å². The monoisotopic (exact) mass is 262 g/mol. The minimum Gasteiger partial charge on any atom is -0.497 e. The van der Waals surface area contributed by atoms with Crippen molar-refractivity contribution in [2.24, 2.45) is 11.8 Å². The van der Waals surface area contributed by atoms with Crippen LogP contribution in [0.25, 0.3) is 0 Å². The van der Waals surface area contributed by atoms with Gasteiger partial charge in [0.05, 0.1) is 7.11 Å². The van der Waals surface area contributed by atoms with Crippen molar-refractivity contribution in [1.82, 2.24) is 0 Å². The first-order valence-electron chi connectivity index (χ1n) is 7.84. The molecule has 1 nitrogen and oxygen atoms in total. The Kier molecular flexibility index (Phi) is 7.62. The summed E-state index contributed by atoms with van der Waals surface area (Å²) < 4.78 is 5.28. The lowest BCUT2D eigenvalue weighted by Crippen LogP contribution is -2.12. The van der Waals surface area contributed by atoms with Crippen LogP contribution in [-0.4, -0.2) is 7.11 Å². The van der Waals surface area contributed by atoms with E-state index in [1.165, 1.54) is 44.1 Å². The molecule has 0 saturated carbocycles. The zero-order chi connectivity index (χ0) is 14.1. The highest BCUT2D eigenvalue weighted by Crippen LogP contribution is 2.26. The first-order valence-corrected chi connectivity index (χ1v) is 7.84. The molecule has 0 spiro atoms. The molecule has 0 aliphatic heterocycles. The second-order valence-corrected chi connectivity index (χ2v) is 5.68. The maximum absolute atomic E-state index is 5.28. The van der Waals surface area contributed by atoms with E-state index in [1.54, 1.807) is 7.11 Å². The third kappa shape index (κ3) is 5.67. The topological polar surface area (TPSA) is 9.23 Å². The molecular weight excluding hydrogens is 232 g/mol. The summed E-state index contributed by atoms with van der Waals surface area (Å²) >= 11 is 0. The van der Waals surface area contributed by atoms with Crippen molar-refractivity contribution in [3.8, 4) is 5.75 Å². The number of benzene rings is 1. The van der Waals surface area contributed by atoms with Crippen LogP contribution in [0.1, 0.15) is 58.4 Å². The van der Waals surface area contributed by atoms with E-state index in [1.807, 2.05) is 6.07 Å². The smallest absolute Gasteiger partial charge is 0.119 e. The number of methoxy groups -OCH3 is 1. The average molecular weight is 262 g/mol. The SMILES string of the molecule is CCCCC(CC)[C@@H](C)CCc1cccc(OC)c1. The van der Waals surface area contributed by atoms with Crippen molar-refractivity contribution in [1.29, 1.82) is 0 Å². The molecule has 0 aromatic heterocycles. The Morgan fingerprint density at radius 3 is 2.58 bits per heavy atom. The molecular formula is C18H30O. The molecule has 108 valence electrons. The Hall–Kier alpha value is -0.980. The third-order valence-corrected chi connectivity index (χ3v) is 4.28. The molecule has 1 aromatic rings. The summed E-state index contributed by atoms with van der Waals surface area (Å²) in [4.78, 5) is 0. The summed E-state index contributed by atoms with van der Waals surface area (Å²) in [5.41, 5.74) is 1.40. The second-order valence-electron chi connectivity index (χ2n) is 5.68. The molecule has 0 saturated heterocycles. The molecule has 0 radical (unpaired) electrons. The molecule has 0 heterocycles. The Labute approximate surface area is 119 Å². The second kappa shape index (κ2) is 9.01. The maximum atomic E-state index is 5.28. The predicted octanol–water partition coefficient (Wildman–Crippen LogP) is 5.48. The minimum absolute atomic E-state index is 0.822. The highest BCUT2D eigenvalue weighted by molar-refractivity contribution is 5.28. The minimum atomic E-state index is 0.822. The lowest BCUT2D eigenvalue weighted by atomic mass is 9.83. The molecule has 2 atom stereocenters. The Morgan fingerprint density at radius 2 is 1.95 bits per heavy atom. The first kappa shape index (κ1) is 16.1. The molecule has 0 fully saturated rings. The molecule has 0 N–H and O–H groups in total. The average Bonchev–Trinajstić information content (AvgIpc) is 2.46. The molecule has 0 aliphatic rings. The van der Waals surface area contributed by atoms with Crippen LogP contribution in [0.4, 0.5) is 0 Å². The van der Waals surface area contributed by atoms with Gasteiger partial charge in [-0.05, 0) is 42.4 Å². The van der Waals surface area contributed by atoms with Gasteiger partial charge in [0.1, 0.15) is 5.75 Å². The van der Waals surface area contributed by atoms with Crippen LogP contribution in [-0.2, 0) is 6.42 Å². The fourth-order valence-corrected chi connectivity index (χ4v) is 2.82. The number of hydrogen-bond donors (Lipinski definition) is 0.